The van der Waals surface area contributed by atoms with E-state index in [2.05, 4.69) is 35.8 Å². The van der Waals surface area contributed by atoms with Gasteiger partial charge in [-0.15, -0.1) is 0 Å². The highest BCUT2D eigenvalue weighted by Crippen LogP contribution is 2.13. The molecule has 0 aliphatic carbocycles. The number of hydrogen-bond donors (Lipinski definition) is 1. The molecule has 1 aliphatic rings. The molecule has 23 heavy (non-hydrogen) atoms. The van der Waals surface area contributed by atoms with Crippen LogP contribution in [-0.2, 0) is 6.67 Å². The minimum absolute atomic E-state index is 0.806. The molecule has 0 bridgehead atoms. The summed E-state index contributed by atoms with van der Waals surface area (Å²) in [6.07, 6.45) is 6.77. The van der Waals surface area contributed by atoms with E-state index >= 15 is 0 Å². The number of nitrogens with zero attached hydrogens (tertiary/aromatic N) is 3. The van der Waals surface area contributed by atoms with Crippen LogP contribution in [0.4, 0.5) is 0 Å². The van der Waals surface area contributed by atoms with Crippen molar-refractivity contribution in [2.24, 2.45) is 0 Å². The molecule has 0 amide bonds. The van der Waals surface area contributed by atoms with Gasteiger partial charge in [0.25, 0.3) is 0 Å². The second-order valence-electron chi connectivity index (χ2n) is 6.68. The number of benzene rings is 1. The van der Waals surface area contributed by atoms with Crippen molar-refractivity contribution in [2.45, 2.75) is 52.6 Å². The summed E-state index contributed by atoms with van der Waals surface area (Å²) in [5, 5.41) is 4.71. The first kappa shape index (κ1) is 16.4. The van der Waals surface area contributed by atoms with Crippen molar-refractivity contribution in [3.05, 3.63) is 40.4 Å². The van der Waals surface area contributed by atoms with E-state index in [0.29, 0.717) is 0 Å². The SMILES string of the molecule is Cc1ccc(-n2c(C)nn(C[NH+]3CCCCCCC3)c2=S)cc1. The highest BCUT2D eigenvalue weighted by Gasteiger charge is 2.15. The molecule has 2 aromatic rings. The first-order valence-corrected chi connectivity index (χ1v) is 9.13. The summed E-state index contributed by atoms with van der Waals surface area (Å²) < 4.78 is 4.90. The molecule has 5 heteroatoms. The van der Waals surface area contributed by atoms with Crippen molar-refractivity contribution >= 4 is 12.2 Å². The fraction of sp³-hybridized carbons (Fsp3) is 0.556. The Morgan fingerprint density at radius 3 is 2.26 bits per heavy atom. The Morgan fingerprint density at radius 2 is 1.61 bits per heavy atom. The molecule has 1 aromatic carbocycles. The normalized spacial score (nSPS) is 17.0. The van der Waals surface area contributed by atoms with Gasteiger partial charge in [-0.25, -0.2) is 0 Å². The molecule has 1 saturated heterocycles. The molecule has 4 nitrogen and oxygen atoms in total. The quantitative estimate of drug-likeness (QED) is 0.876. The van der Waals surface area contributed by atoms with Crippen LogP contribution in [0, 0.1) is 18.6 Å². The van der Waals surface area contributed by atoms with Crippen LogP contribution in [0.25, 0.3) is 5.69 Å². The van der Waals surface area contributed by atoms with E-state index < -0.39 is 0 Å². The third-order valence-electron chi connectivity index (χ3n) is 4.73. The lowest BCUT2D eigenvalue weighted by Crippen LogP contribution is -3.11. The minimum Gasteiger partial charge on any atom is -0.316 e. The molecular formula is C18H27N4S+. The predicted octanol–water partition coefficient (Wildman–Crippen LogP) is 2.83. The largest absolute Gasteiger partial charge is 0.316 e. The predicted molar refractivity (Wildman–Crippen MR) is 95.6 cm³/mol. The first-order valence-electron chi connectivity index (χ1n) is 8.72. The second-order valence-corrected chi connectivity index (χ2v) is 7.04. The second kappa shape index (κ2) is 7.41. The van der Waals surface area contributed by atoms with Crippen molar-refractivity contribution < 1.29 is 4.90 Å². The lowest BCUT2D eigenvalue weighted by Gasteiger charge is -2.21. The fourth-order valence-electron chi connectivity index (χ4n) is 3.39. The smallest absolute Gasteiger partial charge is 0.207 e. The topological polar surface area (TPSA) is 27.2 Å². The maximum Gasteiger partial charge on any atom is 0.207 e. The number of nitrogens with one attached hydrogen (secondary N) is 1. The molecule has 124 valence electrons. The standard InChI is InChI=1S/C18H26N4S/c1-15-8-10-17(11-9-15)22-16(2)19-21(18(22)23)14-20-12-6-4-3-5-7-13-20/h8-11H,3-7,12-14H2,1-2H3/p+1. The van der Waals surface area contributed by atoms with E-state index in [-0.39, 0.29) is 0 Å². The fourth-order valence-corrected chi connectivity index (χ4v) is 3.73. The van der Waals surface area contributed by atoms with Crippen LogP contribution in [0.15, 0.2) is 24.3 Å². The Balaban J connectivity index is 1.82. The number of likely N-dealkylation sites (tertiary alicyclic amines) is 1. The zero-order chi connectivity index (χ0) is 16.2. The monoisotopic (exact) mass is 331 g/mol. The van der Waals surface area contributed by atoms with Crippen molar-refractivity contribution in [1.82, 2.24) is 14.3 Å². The molecule has 1 fully saturated rings. The maximum atomic E-state index is 5.71. The van der Waals surface area contributed by atoms with Crippen molar-refractivity contribution in [2.75, 3.05) is 13.1 Å². The van der Waals surface area contributed by atoms with Gasteiger partial charge in [0.1, 0.15) is 5.82 Å². The van der Waals surface area contributed by atoms with Gasteiger partial charge in [0.05, 0.1) is 13.1 Å². The Kier molecular flexibility index (Phi) is 5.28. The summed E-state index contributed by atoms with van der Waals surface area (Å²) in [4.78, 5) is 1.61. The van der Waals surface area contributed by atoms with E-state index in [0.717, 1.165) is 23.0 Å². The zero-order valence-corrected chi connectivity index (χ0v) is 15.0. The van der Waals surface area contributed by atoms with Crippen LogP contribution in [0.5, 0.6) is 0 Å². The molecular weight excluding hydrogens is 304 g/mol. The summed E-state index contributed by atoms with van der Waals surface area (Å²) in [6, 6.07) is 8.48. The van der Waals surface area contributed by atoms with Crippen LogP contribution in [0.2, 0.25) is 0 Å². The lowest BCUT2D eigenvalue weighted by atomic mass is 10.1. The van der Waals surface area contributed by atoms with Gasteiger partial charge < -0.3 is 4.90 Å². The van der Waals surface area contributed by atoms with E-state index in [4.69, 9.17) is 17.3 Å². The van der Waals surface area contributed by atoms with Crippen molar-refractivity contribution in [3.8, 4) is 5.69 Å². The van der Waals surface area contributed by atoms with Gasteiger partial charge in [-0.2, -0.15) is 9.78 Å². The third-order valence-corrected chi connectivity index (χ3v) is 5.12. The van der Waals surface area contributed by atoms with E-state index in [1.165, 1.54) is 50.8 Å². The molecule has 0 unspecified atom stereocenters. The summed E-state index contributed by atoms with van der Waals surface area (Å²) in [7, 11) is 0. The lowest BCUT2D eigenvalue weighted by molar-refractivity contribution is -0.924. The first-order chi connectivity index (χ1) is 11.1. The maximum absolute atomic E-state index is 5.71. The van der Waals surface area contributed by atoms with Gasteiger partial charge in [0, 0.05) is 5.69 Å². The van der Waals surface area contributed by atoms with Crippen LogP contribution in [0.3, 0.4) is 0 Å². The number of hydrogen-bond acceptors (Lipinski definition) is 2. The number of quaternary nitrogens is 1. The van der Waals surface area contributed by atoms with Crippen LogP contribution in [-0.4, -0.2) is 27.4 Å². The number of aromatic nitrogens is 3. The van der Waals surface area contributed by atoms with Crippen LogP contribution < -0.4 is 4.90 Å². The molecule has 0 atom stereocenters. The Morgan fingerprint density at radius 1 is 1.00 bits per heavy atom. The summed E-state index contributed by atoms with van der Waals surface area (Å²) in [6.45, 7) is 7.49. The van der Waals surface area contributed by atoms with Crippen molar-refractivity contribution in [3.63, 3.8) is 0 Å². The average Bonchev–Trinajstić information content (AvgIpc) is 2.77. The molecule has 0 radical (unpaired) electrons. The van der Waals surface area contributed by atoms with Gasteiger partial charge in [-0.05, 0) is 63.9 Å². The molecule has 0 spiro atoms. The highest BCUT2D eigenvalue weighted by atomic mass is 32.1. The van der Waals surface area contributed by atoms with Gasteiger partial charge in [0.15, 0.2) is 6.67 Å². The van der Waals surface area contributed by atoms with Gasteiger partial charge in [-0.1, -0.05) is 24.1 Å². The minimum atomic E-state index is 0.806. The molecule has 1 aromatic heterocycles. The van der Waals surface area contributed by atoms with Crippen LogP contribution >= 0.6 is 12.2 Å². The summed E-state index contributed by atoms with van der Waals surface area (Å²) >= 11 is 5.71. The van der Waals surface area contributed by atoms with Crippen molar-refractivity contribution in [1.29, 1.82) is 0 Å². The zero-order valence-electron chi connectivity index (χ0n) is 14.2. The Labute approximate surface area is 143 Å². The summed E-state index contributed by atoms with van der Waals surface area (Å²) in [5.41, 5.74) is 2.36. The molecule has 1 N–H and O–H groups in total. The summed E-state index contributed by atoms with van der Waals surface area (Å²) in [5.74, 6) is 0.963. The molecule has 2 heterocycles. The van der Waals surface area contributed by atoms with Crippen LogP contribution in [0.1, 0.15) is 43.5 Å². The third kappa shape index (κ3) is 3.90. The Hall–Kier alpha value is -1.46. The highest BCUT2D eigenvalue weighted by molar-refractivity contribution is 7.71. The van der Waals surface area contributed by atoms with E-state index in [1.807, 2.05) is 11.6 Å². The molecule has 3 rings (SSSR count). The molecule has 0 saturated carbocycles. The molecule has 1 aliphatic heterocycles. The van der Waals surface area contributed by atoms with Gasteiger partial charge >= 0.3 is 0 Å². The van der Waals surface area contributed by atoms with Gasteiger partial charge in [-0.3, -0.25) is 4.57 Å². The Bertz CT molecular complexity index is 691. The van der Waals surface area contributed by atoms with E-state index in [1.54, 1.807) is 4.90 Å². The average molecular weight is 332 g/mol. The van der Waals surface area contributed by atoms with Gasteiger partial charge in [0.2, 0.25) is 4.77 Å². The van der Waals surface area contributed by atoms with E-state index in [9.17, 15) is 0 Å². The number of rotatable bonds is 3. The number of aryl methyl sites for hydroxylation is 2.